The van der Waals surface area contributed by atoms with Gasteiger partial charge in [0.25, 0.3) is 5.91 Å². The summed E-state index contributed by atoms with van der Waals surface area (Å²) in [6.45, 7) is 2.11. The molecule has 0 aromatic heterocycles. The van der Waals surface area contributed by atoms with Crippen molar-refractivity contribution in [2.24, 2.45) is 0 Å². The molecule has 2 aliphatic heterocycles. The van der Waals surface area contributed by atoms with E-state index in [2.05, 4.69) is 0 Å². The van der Waals surface area contributed by atoms with Crippen LogP contribution in [0.25, 0.3) is 10.8 Å². The van der Waals surface area contributed by atoms with E-state index in [0.29, 0.717) is 13.0 Å². The highest BCUT2D eigenvalue weighted by atomic mass is 16.7. The SMILES string of the molecule is O=C1c2cccc3cccc(c23)N1CCC1OCCCO1. The Morgan fingerprint density at radius 1 is 1.10 bits per heavy atom. The summed E-state index contributed by atoms with van der Waals surface area (Å²) in [6, 6.07) is 12.0. The van der Waals surface area contributed by atoms with Crippen molar-refractivity contribution in [3.8, 4) is 0 Å². The van der Waals surface area contributed by atoms with Crippen molar-refractivity contribution < 1.29 is 14.3 Å². The summed E-state index contributed by atoms with van der Waals surface area (Å²) in [7, 11) is 0. The lowest BCUT2D eigenvalue weighted by atomic mass is 10.1. The minimum absolute atomic E-state index is 0.0811. The molecule has 0 aliphatic carbocycles. The number of amides is 1. The van der Waals surface area contributed by atoms with Gasteiger partial charge in [-0.3, -0.25) is 4.79 Å². The molecule has 0 radical (unpaired) electrons. The fraction of sp³-hybridized carbons (Fsp3) is 0.353. The Bertz CT molecular complexity index is 686. The Hall–Kier alpha value is -1.91. The first-order chi connectivity index (χ1) is 10.3. The van der Waals surface area contributed by atoms with Crippen LogP contribution >= 0.6 is 0 Å². The van der Waals surface area contributed by atoms with E-state index in [0.717, 1.165) is 41.7 Å². The molecule has 2 aromatic rings. The summed E-state index contributed by atoms with van der Waals surface area (Å²) in [6.07, 6.45) is 1.47. The number of benzene rings is 2. The van der Waals surface area contributed by atoms with Gasteiger partial charge in [-0.25, -0.2) is 0 Å². The second-order valence-electron chi connectivity index (χ2n) is 5.45. The number of nitrogens with zero attached hydrogens (tertiary/aromatic N) is 1. The van der Waals surface area contributed by atoms with Gasteiger partial charge >= 0.3 is 0 Å². The van der Waals surface area contributed by atoms with Crippen LogP contribution in [0.15, 0.2) is 36.4 Å². The Morgan fingerprint density at radius 2 is 1.86 bits per heavy atom. The van der Waals surface area contributed by atoms with Crippen LogP contribution in [0.5, 0.6) is 0 Å². The molecule has 1 amide bonds. The minimum atomic E-state index is -0.186. The second kappa shape index (κ2) is 5.13. The number of carbonyl (C=O) groups is 1. The van der Waals surface area contributed by atoms with Gasteiger partial charge in [-0.2, -0.15) is 0 Å². The predicted molar refractivity (Wildman–Crippen MR) is 80.6 cm³/mol. The number of hydrogen-bond donors (Lipinski definition) is 0. The average molecular weight is 283 g/mol. The average Bonchev–Trinajstić information content (AvgIpc) is 2.81. The maximum Gasteiger partial charge on any atom is 0.258 e. The molecule has 2 heterocycles. The first kappa shape index (κ1) is 12.8. The molecule has 1 saturated heterocycles. The summed E-state index contributed by atoms with van der Waals surface area (Å²) in [5.41, 5.74) is 1.80. The van der Waals surface area contributed by atoms with E-state index in [1.54, 1.807) is 0 Å². The molecule has 0 N–H and O–H groups in total. The zero-order valence-electron chi connectivity index (χ0n) is 11.7. The standard InChI is InChI=1S/C17H17NO3/c19-17-13-6-1-4-12-5-2-7-14(16(12)13)18(17)9-8-15-20-10-3-11-21-15/h1-2,4-7,15H,3,8-11H2. The van der Waals surface area contributed by atoms with Gasteiger partial charge in [0.2, 0.25) is 0 Å². The monoisotopic (exact) mass is 283 g/mol. The predicted octanol–water partition coefficient (Wildman–Crippen LogP) is 2.95. The molecular formula is C17H17NO3. The topological polar surface area (TPSA) is 38.8 Å². The van der Waals surface area contributed by atoms with Gasteiger partial charge in [0.15, 0.2) is 6.29 Å². The van der Waals surface area contributed by atoms with Crippen LogP contribution in [0.4, 0.5) is 5.69 Å². The van der Waals surface area contributed by atoms with Crippen molar-refractivity contribution in [2.75, 3.05) is 24.7 Å². The Balaban J connectivity index is 1.60. The third kappa shape index (κ3) is 2.11. The third-order valence-electron chi connectivity index (χ3n) is 4.13. The van der Waals surface area contributed by atoms with Crippen LogP contribution in [0.3, 0.4) is 0 Å². The number of anilines is 1. The first-order valence-electron chi connectivity index (χ1n) is 7.41. The largest absolute Gasteiger partial charge is 0.353 e. The van der Waals surface area contributed by atoms with E-state index in [4.69, 9.17) is 9.47 Å². The molecule has 2 aromatic carbocycles. The Kier molecular flexibility index (Phi) is 3.13. The fourth-order valence-electron chi connectivity index (χ4n) is 3.14. The molecule has 4 rings (SSSR count). The van der Waals surface area contributed by atoms with Crippen molar-refractivity contribution in [1.29, 1.82) is 0 Å². The maximum absolute atomic E-state index is 12.6. The van der Waals surface area contributed by atoms with Gasteiger partial charge < -0.3 is 14.4 Å². The van der Waals surface area contributed by atoms with E-state index in [-0.39, 0.29) is 12.2 Å². The molecule has 0 unspecified atom stereocenters. The van der Waals surface area contributed by atoms with Crippen LogP contribution in [-0.2, 0) is 9.47 Å². The van der Waals surface area contributed by atoms with Gasteiger partial charge in [-0.15, -0.1) is 0 Å². The maximum atomic E-state index is 12.6. The highest BCUT2D eigenvalue weighted by molar-refractivity contribution is 6.24. The number of rotatable bonds is 3. The van der Waals surface area contributed by atoms with Crippen molar-refractivity contribution in [2.45, 2.75) is 19.1 Å². The molecule has 4 nitrogen and oxygen atoms in total. The lowest BCUT2D eigenvalue weighted by molar-refractivity contribution is -0.179. The number of carbonyl (C=O) groups excluding carboxylic acids is 1. The Morgan fingerprint density at radius 3 is 2.67 bits per heavy atom. The summed E-state index contributed by atoms with van der Waals surface area (Å²) < 4.78 is 11.1. The van der Waals surface area contributed by atoms with Gasteiger partial charge in [-0.1, -0.05) is 24.3 Å². The van der Waals surface area contributed by atoms with Gasteiger partial charge in [0.05, 0.1) is 18.9 Å². The van der Waals surface area contributed by atoms with Crippen LogP contribution in [0, 0.1) is 0 Å². The summed E-state index contributed by atoms with van der Waals surface area (Å²) in [4.78, 5) is 14.4. The normalized spacial score (nSPS) is 18.7. The van der Waals surface area contributed by atoms with Crippen LogP contribution < -0.4 is 4.90 Å². The van der Waals surface area contributed by atoms with Crippen LogP contribution in [0.2, 0.25) is 0 Å². The van der Waals surface area contributed by atoms with Crippen LogP contribution in [0.1, 0.15) is 23.2 Å². The van der Waals surface area contributed by atoms with Gasteiger partial charge in [0, 0.05) is 23.9 Å². The lowest BCUT2D eigenvalue weighted by Crippen LogP contribution is -2.33. The molecular weight excluding hydrogens is 266 g/mol. The van der Waals surface area contributed by atoms with Crippen molar-refractivity contribution >= 4 is 22.4 Å². The van der Waals surface area contributed by atoms with E-state index in [9.17, 15) is 4.79 Å². The summed E-state index contributed by atoms with van der Waals surface area (Å²) in [5.74, 6) is 0.0811. The quantitative estimate of drug-likeness (QED) is 0.869. The van der Waals surface area contributed by atoms with E-state index < -0.39 is 0 Å². The van der Waals surface area contributed by atoms with Crippen molar-refractivity contribution in [1.82, 2.24) is 0 Å². The smallest absolute Gasteiger partial charge is 0.258 e. The van der Waals surface area contributed by atoms with Crippen molar-refractivity contribution in [3.05, 3.63) is 42.0 Å². The van der Waals surface area contributed by atoms with E-state index >= 15 is 0 Å². The second-order valence-corrected chi connectivity index (χ2v) is 5.45. The van der Waals surface area contributed by atoms with Crippen LogP contribution in [-0.4, -0.2) is 32.0 Å². The molecule has 0 spiro atoms. The first-order valence-corrected chi connectivity index (χ1v) is 7.41. The molecule has 0 bridgehead atoms. The number of ether oxygens (including phenoxy) is 2. The molecule has 2 aliphatic rings. The van der Waals surface area contributed by atoms with Crippen molar-refractivity contribution in [3.63, 3.8) is 0 Å². The molecule has 1 fully saturated rings. The number of hydrogen-bond acceptors (Lipinski definition) is 3. The zero-order chi connectivity index (χ0) is 14.2. The molecule has 4 heteroatoms. The molecule has 0 saturated carbocycles. The lowest BCUT2D eigenvalue weighted by Gasteiger charge is -2.25. The third-order valence-corrected chi connectivity index (χ3v) is 4.13. The summed E-state index contributed by atoms with van der Waals surface area (Å²) in [5, 5.41) is 2.18. The molecule has 0 atom stereocenters. The zero-order valence-corrected chi connectivity index (χ0v) is 11.7. The molecule has 108 valence electrons. The highest BCUT2D eigenvalue weighted by Crippen LogP contribution is 2.37. The van der Waals surface area contributed by atoms with E-state index in [1.165, 1.54) is 0 Å². The van der Waals surface area contributed by atoms with E-state index in [1.807, 2.05) is 41.3 Å². The molecule has 21 heavy (non-hydrogen) atoms. The fourth-order valence-corrected chi connectivity index (χ4v) is 3.14. The minimum Gasteiger partial charge on any atom is -0.353 e. The Labute approximate surface area is 123 Å². The summed E-state index contributed by atoms with van der Waals surface area (Å²) >= 11 is 0. The van der Waals surface area contributed by atoms with Gasteiger partial charge in [-0.05, 0) is 23.9 Å². The highest BCUT2D eigenvalue weighted by Gasteiger charge is 2.30. The van der Waals surface area contributed by atoms with Gasteiger partial charge in [0.1, 0.15) is 0 Å².